The topological polar surface area (TPSA) is 80.0 Å². The molecule has 0 bridgehead atoms. The molecule has 0 unspecified atom stereocenters. The van der Waals surface area contributed by atoms with Gasteiger partial charge in [-0.1, -0.05) is 11.6 Å². The normalized spacial score (nSPS) is 10.3. The number of amides is 1. The van der Waals surface area contributed by atoms with Crippen LogP contribution >= 0.6 is 11.6 Å². The summed E-state index contributed by atoms with van der Waals surface area (Å²) in [4.78, 5) is 15.4. The first-order valence-electron chi connectivity index (χ1n) is 5.26. The van der Waals surface area contributed by atoms with Gasteiger partial charge in [0, 0.05) is 12.5 Å². The van der Waals surface area contributed by atoms with E-state index in [0.717, 1.165) is 0 Å². The average molecular weight is 267 g/mol. The Kier molecular flexibility index (Phi) is 3.78. The second-order valence-electron chi connectivity index (χ2n) is 3.62. The van der Waals surface area contributed by atoms with E-state index in [1.807, 2.05) is 0 Å². The first-order chi connectivity index (χ1) is 8.65. The highest BCUT2D eigenvalue weighted by molar-refractivity contribution is 6.33. The molecule has 0 saturated heterocycles. The monoisotopic (exact) mass is 266 g/mol. The summed E-state index contributed by atoms with van der Waals surface area (Å²) in [6, 6.07) is 4.37. The van der Waals surface area contributed by atoms with Gasteiger partial charge in [-0.25, -0.2) is 4.98 Å². The zero-order chi connectivity index (χ0) is 13.0. The SMILES string of the molecule is O=C(CCn1cncn1)Nc1ccc(O)cc1Cl. The van der Waals surface area contributed by atoms with Crippen molar-refractivity contribution in [1.82, 2.24) is 14.8 Å². The molecule has 0 aliphatic rings. The Bertz CT molecular complexity index is 542. The van der Waals surface area contributed by atoms with E-state index in [1.165, 1.54) is 18.5 Å². The Morgan fingerprint density at radius 2 is 2.33 bits per heavy atom. The number of phenolic OH excluding ortho intramolecular Hbond substituents is 1. The van der Waals surface area contributed by atoms with Crippen LogP contribution in [0, 0.1) is 0 Å². The summed E-state index contributed by atoms with van der Waals surface area (Å²) in [5, 5.41) is 16.0. The van der Waals surface area contributed by atoms with Crippen molar-refractivity contribution in [2.24, 2.45) is 0 Å². The fourth-order valence-electron chi connectivity index (χ4n) is 1.38. The lowest BCUT2D eigenvalue weighted by molar-refractivity contribution is -0.116. The lowest BCUT2D eigenvalue weighted by Crippen LogP contribution is -2.14. The molecule has 0 aliphatic heterocycles. The predicted molar refractivity (Wildman–Crippen MR) is 66.4 cm³/mol. The smallest absolute Gasteiger partial charge is 0.226 e. The van der Waals surface area contributed by atoms with Crippen LogP contribution in [0.2, 0.25) is 5.02 Å². The zero-order valence-corrected chi connectivity index (χ0v) is 10.1. The van der Waals surface area contributed by atoms with Crippen LogP contribution in [-0.2, 0) is 11.3 Å². The van der Waals surface area contributed by atoms with Crippen LogP contribution in [0.1, 0.15) is 6.42 Å². The molecule has 0 spiro atoms. The highest BCUT2D eigenvalue weighted by atomic mass is 35.5. The summed E-state index contributed by atoms with van der Waals surface area (Å²) in [6.07, 6.45) is 3.22. The number of nitrogens with zero attached hydrogens (tertiary/aromatic N) is 3. The summed E-state index contributed by atoms with van der Waals surface area (Å²) in [6.45, 7) is 0.446. The van der Waals surface area contributed by atoms with Gasteiger partial charge in [0.15, 0.2) is 0 Å². The van der Waals surface area contributed by atoms with E-state index in [4.69, 9.17) is 11.6 Å². The summed E-state index contributed by atoms with van der Waals surface area (Å²) in [5.41, 5.74) is 0.470. The molecule has 2 N–H and O–H groups in total. The van der Waals surface area contributed by atoms with Crippen molar-refractivity contribution in [1.29, 1.82) is 0 Å². The number of aromatic nitrogens is 3. The van der Waals surface area contributed by atoms with Crippen LogP contribution in [0.4, 0.5) is 5.69 Å². The zero-order valence-electron chi connectivity index (χ0n) is 9.38. The Labute approximate surface area is 108 Å². The van der Waals surface area contributed by atoms with E-state index < -0.39 is 0 Å². The lowest BCUT2D eigenvalue weighted by atomic mass is 10.3. The van der Waals surface area contributed by atoms with E-state index in [0.29, 0.717) is 17.3 Å². The summed E-state index contributed by atoms with van der Waals surface area (Å²) < 4.78 is 1.57. The van der Waals surface area contributed by atoms with E-state index in [-0.39, 0.29) is 18.1 Å². The Morgan fingerprint density at radius 3 is 3.00 bits per heavy atom. The van der Waals surface area contributed by atoms with Crippen LogP contribution < -0.4 is 5.32 Å². The largest absolute Gasteiger partial charge is 0.508 e. The molecule has 6 nitrogen and oxygen atoms in total. The highest BCUT2D eigenvalue weighted by Crippen LogP contribution is 2.25. The van der Waals surface area contributed by atoms with Gasteiger partial charge in [0.05, 0.1) is 17.3 Å². The average Bonchev–Trinajstić information content (AvgIpc) is 2.83. The van der Waals surface area contributed by atoms with Gasteiger partial charge in [-0.05, 0) is 12.1 Å². The van der Waals surface area contributed by atoms with Gasteiger partial charge >= 0.3 is 0 Å². The van der Waals surface area contributed by atoms with Crippen molar-refractivity contribution in [2.75, 3.05) is 5.32 Å². The fraction of sp³-hybridized carbons (Fsp3) is 0.182. The minimum Gasteiger partial charge on any atom is -0.508 e. The molecule has 1 aromatic carbocycles. The third-order valence-electron chi connectivity index (χ3n) is 2.26. The summed E-state index contributed by atoms with van der Waals surface area (Å²) >= 11 is 5.87. The number of aryl methyl sites for hydroxylation is 1. The standard InChI is InChI=1S/C11H11ClN4O2/c12-9-5-8(17)1-2-10(9)15-11(18)3-4-16-7-13-6-14-16/h1-2,5-7,17H,3-4H2,(H,15,18). The summed E-state index contributed by atoms with van der Waals surface area (Å²) in [7, 11) is 0. The van der Waals surface area contributed by atoms with E-state index in [9.17, 15) is 9.90 Å². The number of carbonyl (C=O) groups is 1. The molecule has 18 heavy (non-hydrogen) atoms. The van der Waals surface area contributed by atoms with Crippen LogP contribution in [0.3, 0.4) is 0 Å². The molecule has 1 aromatic heterocycles. The number of carbonyl (C=O) groups excluding carboxylic acids is 1. The van der Waals surface area contributed by atoms with Crippen LogP contribution in [0.15, 0.2) is 30.9 Å². The molecule has 0 radical (unpaired) electrons. The Hall–Kier alpha value is -2.08. The van der Waals surface area contributed by atoms with Crippen molar-refractivity contribution in [3.63, 3.8) is 0 Å². The number of nitrogens with one attached hydrogen (secondary N) is 1. The van der Waals surface area contributed by atoms with E-state index >= 15 is 0 Å². The minimum atomic E-state index is -0.182. The third-order valence-corrected chi connectivity index (χ3v) is 2.57. The number of hydrogen-bond acceptors (Lipinski definition) is 4. The maximum Gasteiger partial charge on any atom is 0.226 e. The van der Waals surface area contributed by atoms with Crippen LogP contribution in [0.5, 0.6) is 5.75 Å². The molecular formula is C11H11ClN4O2. The molecule has 0 fully saturated rings. The second kappa shape index (κ2) is 5.50. The van der Waals surface area contributed by atoms with E-state index in [2.05, 4.69) is 15.4 Å². The molecule has 2 rings (SSSR count). The van der Waals surface area contributed by atoms with Crippen molar-refractivity contribution >= 4 is 23.2 Å². The van der Waals surface area contributed by atoms with Gasteiger partial charge in [-0.3, -0.25) is 9.48 Å². The predicted octanol–water partition coefficient (Wildman–Crippen LogP) is 1.67. The van der Waals surface area contributed by atoms with Gasteiger partial charge < -0.3 is 10.4 Å². The van der Waals surface area contributed by atoms with Gasteiger partial charge in [0.2, 0.25) is 5.91 Å². The molecule has 1 heterocycles. The Morgan fingerprint density at radius 1 is 1.50 bits per heavy atom. The van der Waals surface area contributed by atoms with Crippen LogP contribution in [0.25, 0.3) is 0 Å². The van der Waals surface area contributed by atoms with Gasteiger partial charge in [0.1, 0.15) is 18.4 Å². The molecule has 1 amide bonds. The maximum absolute atomic E-state index is 11.7. The molecule has 7 heteroatoms. The van der Waals surface area contributed by atoms with Crippen molar-refractivity contribution in [3.8, 4) is 5.75 Å². The van der Waals surface area contributed by atoms with E-state index in [1.54, 1.807) is 17.1 Å². The number of phenols is 1. The first-order valence-corrected chi connectivity index (χ1v) is 5.64. The molecule has 0 aliphatic carbocycles. The first kappa shape index (κ1) is 12.4. The molecular weight excluding hydrogens is 256 g/mol. The Balaban J connectivity index is 1.91. The number of benzene rings is 1. The van der Waals surface area contributed by atoms with Crippen molar-refractivity contribution < 1.29 is 9.90 Å². The summed E-state index contributed by atoms with van der Waals surface area (Å²) in [5.74, 6) is -0.126. The minimum absolute atomic E-state index is 0.0561. The lowest BCUT2D eigenvalue weighted by Gasteiger charge is -2.07. The van der Waals surface area contributed by atoms with Crippen molar-refractivity contribution in [2.45, 2.75) is 13.0 Å². The van der Waals surface area contributed by atoms with Crippen molar-refractivity contribution in [3.05, 3.63) is 35.9 Å². The molecule has 0 saturated carbocycles. The number of hydrogen-bond donors (Lipinski definition) is 2. The molecule has 0 atom stereocenters. The second-order valence-corrected chi connectivity index (χ2v) is 4.03. The molecule has 94 valence electrons. The number of anilines is 1. The fourth-order valence-corrected chi connectivity index (χ4v) is 1.60. The van der Waals surface area contributed by atoms with Gasteiger partial charge in [-0.2, -0.15) is 5.10 Å². The maximum atomic E-state index is 11.7. The quantitative estimate of drug-likeness (QED) is 0.825. The highest BCUT2D eigenvalue weighted by Gasteiger charge is 2.06. The molecule has 2 aromatic rings. The number of aromatic hydroxyl groups is 1. The van der Waals surface area contributed by atoms with Gasteiger partial charge in [-0.15, -0.1) is 0 Å². The number of halogens is 1. The third kappa shape index (κ3) is 3.21. The van der Waals surface area contributed by atoms with Gasteiger partial charge in [0.25, 0.3) is 0 Å². The van der Waals surface area contributed by atoms with Crippen LogP contribution in [-0.4, -0.2) is 25.8 Å². The number of rotatable bonds is 4.